The number of pyridine rings is 1. The normalized spacial score (nSPS) is 19.7. The lowest BCUT2D eigenvalue weighted by molar-refractivity contribution is 0.0747. The van der Waals surface area contributed by atoms with Crippen LogP contribution in [-0.4, -0.2) is 47.0 Å². The zero-order valence-electron chi connectivity index (χ0n) is 16.1. The minimum Gasteiger partial charge on any atom is -0.345 e. The fourth-order valence-electron chi connectivity index (χ4n) is 4.44. The van der Waals surface area contributed by atoms with Gasteiger partial charge >= 0.3 is 0 Å². The Bertz CT molecular complexity index is 1010. The zero-order chi connectivity index (χ0) is 19.1. The van der Waals surface area contributed by atoms with Crippen LogP contribution in [0.3, 0.4) is 0 Å². The monoisotopic (exact) mass is 392 g/mol. The van der Waals surface area contributed by atoms with Crippen LogP contribution in [0.25, 0.3) is 10.9 Å². The maximum atomic E-state index is 13.7. The molecule has 1 atom stereocenters. The Morgan fingerprint density at radius 1 is 1.18 bits per heavy atom. The van der Waals surface area contributed by atoms with Crippen molar-refractivity contribution in [1.29, 1.82) is 0 Å². The molecule has 1 amide bonds. The topological polar surface area (TPSA) is 49.3 Å². The van der Waals surface area contributed by atoms with E-state index in [2.05, 4.69) is 22.9 Å². The highest BCUT2D eigenvalue weighted by Crippen LogP contribution is 2.32. The predicted molar refractivity (Wildman–Crippen MR) is 113 cm³/mol. The fourth-order valence-corrected chi connectivity index (χ4v) is 5.13. The van der Waals surface area contributed by atoms with Crippen molar-refractivity contribution in [3.8, 4) is 0 Å². The Labute approximate surface area is 169 Å². The van der Waals surface area contributed by atoms with E-state index in [9.17, 15) is 4.79 Å². The van der Waals surface area contributed by atoms with E-state index in [1.165, 1.54) is 5.56 Å². The summed E-state index contributed by atoms with van der Waals surface area (Å²) in [6, 6.07) is 8.11. The highest BCUT2D eigenvalue weighted by Gasteiger charge is 2.29. The van der Waals surface area contributed by atoms with Gasteiger partial charge < -0.3 is 9.80 Å². The summed E-state index contributed by atoms with van der Waals surface area (Å²) in [7, 11) is 0. The van der Waals surface area contributed by atoms with Gasteiger partial charge in [0.15, 0.2) is 5.13 Å². The zero-order valence-corrected chi connectivity index (χ0v) is 16.9. The number of hydrogen-bond acceptors (Lipinski definition) is 5. The Balaban J connectivity index is 1.48. The first-order chi connectivity index (χ1) is 13.7. The van der Waals surface area contributed by atoms with Crippen molar-refractivity contribution in [3.05, 3.63) is 52.7 Å². The number of nitrogens with zero attached hydrogens (tertiary/aromatic N) is 4. The maximum Gasteiger partial charge on any atom is 0.255 e. The van der Waals surface area contributed by atoms with E-state index in [0.29, 0.717) is 5.92 Å². The molecule has 2 aliphatic rings. The number of aryl methyl sites for hydroxylation is 1. The molecule has 1 aliphatic carbocycles. The molecule has 2 aromatic heterocycles. The molecule has 6 heteroatoms. The highest BCUT2D eigenvalue weighted by molar-refractivity contribution is 7.13. The summed E-state index contributed by atoms with van der Waals surface area (Å²) in [4.78, 5) is 27.3. The largest absolute Gasteiger partial charge is 0.345 e. The predicted octanol–water partition coefficient (Wildman–Crippen LogP) is 3.78. The first kappa shape index (κ1) is 17.6. The van der Waals surface area contributed by atoms with Crippen LogP contribution >= 0.6 is 11.3 Å². The average molecular weight is 393 g/mol. The maximum absolute atomic E-state index is 13.7. The molecule has 0 radical (unpaired) electrons. The van der Waals surface area contributed by atoms with Crippen LogP contribution < -0.4 is 4.90 Å². The quantitative estimate of drug-likeness (QED) is 0.666. The van der Waals surface area contributed by atoms with Crippen molar-refractivity contribution in [3.63, 3.8) is 0 Å². The molecule has 1 fully saturated rings. The van der Waals surface area contributed by atoms with Crippen LogP contribution in [-0.2, 0) is 12.8 Å². The van der Waals surface area contributed by atoms with E-state index in [1.54, 1.807) is 11.3 Å². The molecule has 0 N–H and O–H groups in total. The van der Waals surface area contributed by atoms with Crippen molar-refractivity contribution < 1.29 is 4.79 Å². The summed E-state index contributed by atoms with van der Waals surface area (Å²) in [5, 5.41) is 4.05. The molecule has 144 valence electrons. The number of aromatic nitrogens is 2. The number of carbonyl (C=O) groups is 1. The summed E-state index contributed by atoms with van der Waals surface area (Å²) < 4.78 is 0. The van der Waals surface area contributed by atoms with Gasteiger partial charge in [0.2, 0.25) is 0 Å². The molecule has 0 saturated carbocycles. The molecular formula is C22H24N4OS. The average Bonchev–Trinajstić information content (AvgIpc) is 3.27. The smallest absolute Gasteiger partial charge is 0.255 e. The lowest BCUT2D eigenvalue weighted by atomic mass is 9.83. The van der Waals surface area contributed by atoms with Crippen LogP contribution in [0, 0.1) is 5.92 Å². The fraction of sp³-hybridized carbons (Fsp3) is 0.409. The minimum atomic E-state index is 0.169. The SMILES string of the molecule is C[C@H]1CCc2nc3ccccc3c(C(=O)N3CCN(c4nccs4)CC3)c2C1. The lowest BCUT2D eigenvalue weighted by Crippen LogP contribution is -2.49. The number of para-hydroxylation sites is 1. The van der Waals surface area contributed by atoms with E-state index >= 15 is 0 Å². The molecule has 28 heavy (non-hydrogen) atoms. The second kappa shape index (κ2) is 7.17. The van der Waals surface area contributed by atoms with Crippen LogP contribution in [0.5, 0.6) is 0 Å². The number of hydrogen-bond donors (Lipinski definition) is 0. The van der Waals surface area contributed by atoms with Gasteiger partial charge in [-0.05, 0) is 36.8 Å². The number of benzene rings is 1. The highest BCUT2D eigenvalue weighted by atomic mass is 32.1. The van der Waals surface area contributed by atoms with Gasteiger partial charge in [-0.3, -0.25) is 9.78 Å². The number of rotatable bonds is 2. The van der Waals surface area contributed by atoms with Crippen molar-refractivity contribution in [2.75, 3.05) is 31.1 Å². The van der Waals surface area contributed by atoms with Gasteiger partial charge in [0, 0.05) is 48.8 Å². The van der Waals surface area contributed by atoms with Gasteiger partial charge in [-0.15, -0.1) is 11.3 Å². The van der Waals surface area contributed by atoms with Gasteiger partial charge in [-0.1, -0.05) is 25.1 Å². The number of fused-ring (bicyclic) bond motifs is 2. The van der Waals surface area contributed by atoms with Crippen molar-refractivity contribution in [2.45, 2.75) is 26.2 Å². The number of amides is 1. The molecule has 1 aliphatic heterocycles. The molecule has 0 spiro atoms. The van der Waals surface area contributed by atoms with Crippen molar-refractivity contribution in [2.24, 2.45) is 5.92 Å². The third-order valence-electron chi connectivity index (χ3n) is 5.98. The van der Waals surface area contributed by atoms with E-state index in [1.807, 2.05) is 34.7 Å². The van der Waals surface area contributed by atoms with Crippen LogP contribution in [0.1, 0.15) is 35.0 Å². The molecule has 5 nitrogen and oxygen atoms in total. The number of carbonyl (C=O) groups excluding carboxylic acids is 1. The number of thiazole rings is 1. The third kappa shape index (κ3) is 3.05. The Hall–Kier alpha value is -2.47. The van der Waals surface area contributed by atoms with E-state index in [-0.39, 0.29) is 5.91 Å². The van der Waals surface area contributed by atoms with Gasteiger partial charge in [0.1, 0.15) is 0 Å². The second-order valence-corrected chi connectivity index (χ2v) is 8.74. The van der Waals surface area contributed by atoms with E-state index in [0.717, 1.165) is 72.7 Å². The van der Waals surface area contributed by atoms with Crippen LogP contribution in [0.4, 0.5) is 5.13 Å². The number of piperazine rings is 1. The summed E-state index contributed by atoms with van der Waals surface area (Å²) >= 11 is 1.66. The molecule has 1 aromatic carbocycles. The Kier molecular flexibility index (Phi) is 4.51. The summed E-state index contributed by atoms with van der Waals surface area (Å²) in [6.07, 6.45) is 4.92. The summed E-state index contributed by atoms with van der Waals surface area (Å²) in [6.45, 7) is 5.42. The molecule has 1 saturated heterocycles. The van der Waals surface area contributed by atoms with Gasteiger partial charge in [-0.25, -0.2) is 4.98 Å². The van der Waals surface area contributed by atoms with Gasteiger partial charge in [0.05, 0.1) is 11.1 Å². The van der Waals surface area contributed by atoms with Gasteiger partial charge in [0.25, 0.3) is 5.91 Å². The molecule has 0 unspecified atom stereocenters. The molecule has 0 bridgehead atoms. The molecular weight excluding hydrogens is 368 g/mol. The first-order valence-corrected chi connectivity index (χ1v) is 10.9. The summed E-state index contributed by atoms with van der Waals surface area (Å²) in [5.41, 5.74) is 4.15. The second-order valence-electron chi connectivity index (χ2n) is 7.87. The third-order valence-corrected chi connectivity index (χ3v) is 6.81. The van der Waals surface area contributed by atoms with Crippen molar-refractivity contribution >= 4 is 33.3 Å². The van der Waals surface area contributed by atoms with E-state index < -0.39 is 0 Å². The summed E-state index contributed by atoms with van der Waals surface area (Å²) in [5.74, 6) is 0.770. The first-order valence-electron chi connectivity index (χ1n) is 10.0. The van der Waals surface area contributed by atoms with Gasteiger partial charge in [-0.2, -0.15) is 0 Å². The standard InChI is InChI=1S/C22H24N4OS/c1-15-6-7-19-17(14-15)20(16-4-2-3-5-18(16)24-19)21(27)25-9-11-26(12-10-25)22-23-8-13-28-22/h2-5,8,13,15H,6-7,9-12,14H2,1H3/t15-/m0/s1. The molecule has 5 rings (SSSR count). The van der Waals surface area contributed by atoms with Crippen LogP contribution in [0.2, 0.25) is 0 Å². The van der Waals surface area contributed by atoms with Crippen molar-refractivity contribution in [1.82, 2.24) is 14.9 Å². The Morgan fingerprint density at radius 2 is 2.00 bits per heavy atom. The molecule has 3 aromatic rings. The minimum absolute atomic E-state index is 0.169. The van der Waals surface area contributed by atoms with Crippen LogP contribution in [0.15, 0.2) is 35.8 Å². The number of anilines is 1. The van der Waals surface area contributed by atoms with E-state index in [4.69, 9.17) is 4.98 Å². The lowest BCUT2D eigenvalue weighted by Gasteiger charge is -2.35. The Morgan fingerprint density at radius 3 is 2.79 bits per heavy atom. The molecule has 3 heterocycles.